The van der Waals surface area contributed by atoms with Crippen LogP contribution in [0.1, 0.15) is 19.3 Å². The minimum atomic E-state index is -4.22. The molecule has 1 atom stereocenters. The van der Waals surface area contributed by atoms with Gasteiger partial charge in [0.1, 0.15) is 6.04 Å². The van der Waals surface area contributed by atoms with Crippen molar-refractivity contribution in [3.63, 3.8) is 0 Å². The Morgan fingerprint density at radius 2 is 2.06 bits per heavy atom. The molecule has 0 bridgehead atoms. The Balaban J connectivity index is 2.22. The average molecular weight is 254 g/mol. The lowest BCUT2D eigenvalue weighted by atomic mass is 10.2. The van der Waals surface area contributed by atoms with Gasteiger partial charge in [-0.05, 0) is 38.8 Å². The van der Waals surface area contributed by atoms with E-state index in [2.05, 4.69) is 0 Å². The molecule has 1 aliphatic rings. The molecule has 0 aromatic carbocycles. The van der Waals surface area contributed by atoms with E-state index in [0.29, 0.717) is 19.1 Å². The minimum Gasteiger partial charge on any atom is -0.380 e. The molecule has 1 unspecified atom stereocenters. The van der Waals surface area contributed by atoms with Crippen molar-refractivity contribution in [1.29, 1.82) is 0 Å². The van der Waals surface area contributed by atoms with E-state index in [1.165, 1.54) is 24.8 Å². The first kappa shape index (κ1) is 14.7. The standard InChI is InChI=1S/C11H21F3N2O/c1-16(6-7-17-8-9-2-3-9)10(4-5-15)11(12,13)14/h9-10H,2-8,15H2,1H3. The van der Waals surface area contributed by atoms with Crippen LogP contribution in [0.5, 0.6) is 0 Å². The Morgan fingerprint density at radius 3 is 2.53 bits per heavy atom. The van der Waals surface area contributed by atoms with Crippen molar-refractivity contribution in [2.24, 2.45) is 11.7 Å². The second-order valence-electron chi connectivity index (χ2n) is 4.63. The minimum absolute atomic E-state index is 0.0391. The summed E-state index contributed by atoms with van der Waals surface area (Å²) in [5.41, 5.74) is 5.21. The third-order valence-electron chi connectivity index (χ3n) is 2.99. The van der Waals surface area contributed by atoms with Crippen LogP contribution in [0.25, 0.3) is 0 Å². The maximum atomic E-state index is 12.7. The number of hydrogen-bond donors (Lipinski definition) is 1. The van der Waals surface area contributed by atoms with Crippen LogP contribution in [0.15, 0.2) is 0 Å². The van der Waals surface area contributed by atoms with Crippen LogP contribution in [0, 0.1) is 5.92 Å². The molecule has 1 fully saturated rings. The van der Waals surface area contributed by atoms with Gasteiger partial charge in [0, 0.05) is 13.2 Å². The molecule has 0 saturated heterocycles. The van der Waals surface area contributed by atoms with Crippen LogP contribution in [-0.2, 0) is 4.74 Å². The van der Waals surface area contributed by atoms with Crippen LogP contribution in [-0.4, -0.2) is 50.5 Å². The highest BCUT2D eigenvalue weighted by atomic mass is 19.4. The van der Waals surface area contributed by atoms with Gasteiger partial charge in [-0.2, -0.15) is 13.2 Å². The fourth-order valence-electron chi connectivity index (χ4n) is 1.69. The first-order valence-corrected chi connectivity index (χ1v) is 6.00. The summed E-state index contributed by atoms with van der Waals surface area (Å²) in [6.45, 7) is 1.36. The van der Waals surface area contributed by atoms with Gasteiger partial charge in [0.2, 0.25) is 0 Å². The molecule has 0 aromatic heterocycles. The van der Waals surface area contributed by atoms with Gasteiger partial charge in [-0.25, -0.2) is 0 Å². The zero-order chi connectivity index (χ0) is 12.9. The molecule has 1 aliphatic carbocycles. The number of ether oxygens (including phenoxy) is 1. The fourth-order valence-corrected chi connectivity index (χ4v) is 1.69. The summed E-state index contributed by atoms with van der Waals surface area (Å²) >= 11 is 0. The molecule has 1 saturated carbocycles. The monoisotopic (exact) mass is 254 g/mol. The number of rotatable bonds is 8. The molecule has 17 heavy (non-hydrogen) atoms. The number of likely N-dealkylation sites (N-methyl/N-ethyl adjacent to an activating group) is 1. The van der Waals surface area contributed by atoms with Gasteiger partial charge in [-0.15, -0.1) is 0 Å². The fraction of sp³-hybridized carbons (Fsp3) is 1.00. The maximum Gasteiger partial charge on any atom is 0.404 e. The molecule has 0 heterocycles. The molecule has 0 aromatic rings. The third-order valence-corrected chi connectivity index (χ3v) is 2.99. The number of alkyl halides is 3. The van der Waals surface area contributed by atoms with E-state index >= 15 is 0 Å². The summed E-state index contributed by atoms with van der Waals surface area (Å²) in [6.07, 6.45) is -1.91. The number of halogens is 3. The van der Waals surface area contributed by atoms with Gasteiger partial charge < -0.3 is 10.5 Å². The van der Waals surface area contributed by atoms with E-state index in [-0.39, 0.29) is 19.5 Å². The Morgan fingerprint density at radius 1 is 1.41 bits per heavy atom. The quantitative estimate of drug-likeness (QED) is 0.669. The van der Waals surface area contributed by atoms with Gasteiger partial charge in [0.05, 0.1) is 6.61 Å². The van der Waals surface area contributed by atoms with Crippen LogP contribution in [0.2, 0.25) is 0 Å². The Bertz CT molecular complexity index is 219. The molecule has 102 valence electrons. The Labute approximate surface area is 100 Å². The molecule has 6 heteroatoms. The predicted molar refractivity (Wildman–Crippen MR) is 59.7 cm³/mol. The molecule has 0 aliphatic heterocycles. The molecule has 1 rings (SSSR count). The smallest absolute Gasteiger partial charge is 0.380 e. The zero-order valence-electron chi connectivity index (χ0n) is 10.2. The Kier molecular flexibility index (Phi) is 5.69. The molecule has 0 amide bonds. The summed E-state index contributed by atoms with van der Waals surface area (Å²) in [5.74, 6) is 0.641. The normalized spacial score (nSPS) is 18.7. The lowest BCUT2D eigenvalue weighted by Gasteiger charge is -2.29. The summed E-state index contributed by atoms with van der Waals surface area (Å²) in [5, 5.41) is 0. The lowest BCUT2D eigenvalue weighted by Crippen LogP contribution is -2.46. The summed E-state index contributed by atoms with van der Waals surface area (Å²) in [7, 11) is 1.47. The predicted octanol–water partition coefficient (Wildman–Crippen LogP) is 1.62. The SMILES string of the molecule is CN(CCOCC1CC1)C(CCN)C(F)(F)F. The lowest BCUT2D eigenvalue weighted by molar-refractivity contribution is -0.182. The van der Waals surface area contributed by atoms with Crippen molar-refractivity contribution in [3.05, 3.63) is 0 Å². The van der Waals surface area contributed by atoms with Crippen LogP contribution in [0.3, 0.4) is 0 Å². The highest BCUT2D eigenvalue weighted by Gasteiger charge is 2.41. The molecular formula is C11H21F3N2O. The van der Waals surface area contributed by atoms with Crippen molar-refractivity contribution in [2.75, 3.05) is 33.4 Å². The van der Waals surface area contributed by atoms with Crippen molar-refractivity contribution in [2.45, 2.75) is 31.5 Å². The van der Waals surface area contributed by atoms with Gasteiger partial charge in [0.15, 0.2) is 0 Å². The van der Waals surface area contributed by atoms with Crippen molar-refractivity contribution in [1.82, 2.24) is 4.90 Å². The Hall–Kier alpha value is -0.330. The van der Waals surface area contributed by atoms with Crippen molar-refractivity contribution >= 4 is 0 Å². The topological polar surface area (TPSA) is 38.5 Å². The van der Waals surface area contributed by atoms with Gasteiger partial charge in [0.25, 0.3) is 0 Å². The van der Waals surface area contributed by atoms with E-state index in [4.69, 9.17) is 10.5 Å². The van der Waals surface area contributed by atoms with E-state index in [1.807, 2.05) is 0 Å². The number of nitrogens with zero attached hydrogens (tertiary/aromatic N) is 1. The summed E-state index contributed by atoms with van der Waals surface area (Å²) < 4.78 is 43.3. The molecular weight excluding hydrogens is 233 g/mol. The van der Waals surface area contributed by atoms with Crippen molar-refractivity contribution < 1.29 is 17.9 Å². The summed E-state index contributed by atoms with van der Waals surface area (Å²) in [6, 6.07) is -1.46. The molecule has 3 nitrogen and oxygen atoms in total. The summed E-state index contributed by atoms with van der Waals surface area (Å²) in [4.78, 5) is 1.28. The van der Waals surface area contributed by atoms with Crippen LogP contribution in [0.4, 0.5) is 13.2 Å². The van der Waals surface area contributed by atoms with Crippen molar-refractivity contribution in [3.8, 4) is 0 Å². The highest BCUT2D eigenvalue weighted by molar-refractivity contribution is 4.77. The molecule has 2 N–H and O–H groups in total. The van der Waals surface area contributed by atoms with Gasteiger partial charge in [-0.3, -0.25) is 4.90 Å². The first-order chi connectivity index (χ1) is 7.95. The maximum absolute atomic E-state index is 12.7. The van der Waals surface area contributed by atoms with Crippen LogP contribution < -0.4 is 5.73 Å². The number of hydrogen-bond acceptors (Lipinski definition) is 3. The molecule has 0 radical (unpaired) electrons. The largest absolute Gasteiger partial charge is 0.404 e. The third kappa shape index (κ3) is 5.70. The zero-order valence-corrected chi connectivity index (χ0v) is 10.2. The first-order valence-electron chi connectivity index (χ1n) is 6.00. The van der Waals surface area contributed by atoms with Crippen LogP contribution >= 0.6 is 0 Å². The highest BCUT2D eigenvalue weighted by Crippen LogP contribution is 2.29. The number of nitrogens with two attached hydrogens (primary N) is 1. The van der Waals surface area contributed by atoms with E-state index in [1.54, 1.807) is 0 Å². The van der Waals surface area contributed by atoms with E-state index < -0.39 is 12.2 Å². The second-order valence-corrected chi connectivity index (χ2v) is 4.63. The van der Waals surface area contributed by atoms with E-state index in [9.17, 15) is 13.2 Å². The average Bonchev–Trinajstić information content (AvgIpc) is 3.02. The molecule has 0 spiro atoms. The van der Waals surface area contributed by atoms with E-state index in [0.717, 1.165) is 0 Å². The van der Waals surface area contributed by atoms with Gasteiger partial charge >= 0.3 is 6.18 Å². The second kappa shape index (κ2) is 6.56. The van der Waals surface area contributed by atoms with Gasteiger partial charge in [-0.1, -0.05) is 0 Å².